The lowest BCUT2D eigenvalue weighted by atomic mass is 9.96. The minimum Gasteiger partial charge on any atom is -0.495 e. The molecule has 8 heteroatoms. The van der Waals surface area contributed by atoms with Gasteiger partial charge in [0.15, 0.2) is 0 Å². The van der Waals surface area contributed by atoms with Gasteiger partial charge in [-0.3, -0.25) is 4.90 Å². The van der Waals surface area contributed by atoms with E-state index < -0.39 is 0 Å². The fraction of sp³-hybridized carbons (Fsp3) is 0.478. The largest absolute Gasteiger partial charge is 0.495 e. The molecule has 31 heavy (non-hydrogen) atoms. The highest BCUT2D eigenvalue weighted by Crippen LogP contribution is 2.35. The molecule has 0 bridgehead atoms. The Balaban J connectivity index is 1.46. The molecular formula is C23H28ClN5O2. The quantitative estimate of drug-likeness (QED) is 0.602. The molecule has 0 unspecified atom stereocenters. The van der Waals surface area contributed by atoms with Crippen LogP contribution in [-0.4, -0.2) is 48.2 Å². The van der Waals surface area contributed by atoms with Gasteiger partial charge in [0.1, 0.15) is 23.2 Å². The molecule has 0 saturated carbocycles. The van der Waals surface area contributed by atoms with Crippen molar-refractivity contribution in [2.75, 3.05) is 38.6 Å². The fourth-order valence-corrected chi connectivity index (χ4v) is 4.76. The number of fused-ring (bicyclic) bond motifs is 3. The van der Waals surface area contributed by atoms with E-state index in [0.717, 1.165) is 73.9 Å². The van der Waals surface area contributed by atoms with E-state index in [0.29, 0.717) is 23.0 Å². The Kier molecular flexibility index (Phi) is 5.98. The van der Waals surface area contributed by atoms with E-state index in [1.54, 1.807) is 7.11 Å². The van der Waals surface area contributed by atoms with Crippen LogP contribution in [-0.2, 0) is 25.9 Å². The van der Waals surface area contributed by atoms with Crippen molar-refractivity contribution in [3.05, 3.63) is 45.9 Å². The first kappa shape index (κ1) is 20.5. The Labute approximate surface area is 187 Å². The molecule has 1 aliphatic heterocycles. The van der Waals surface area contributed by atoms with Crippen LogP contribution in [0, 0.1) is 0 Å². The van der Waals surface area contributed by atoms with E-state index in [1.807, 2.05) is 18.2 Å². The summed E-state index contributed by atoms with van der Waals surface area (Å²) in [4.78, 5) is 12.1. The third kappa shape index (κ3) is 4.35. The number of hydrogen-bond donors (Lipinski definition) is 2. The van der Waals surface area contributed by atoms with Gasteiger partial charge in [-0.05, 0) is 37.0 Å². The van der Waals surface area contributed by atoms with Crippen LogP contribution in [0.4, 0.5) is 5.82 Å². The van der Waals surface area contributed by atoms with Crippen LogP contribution >= 0.6 is 11.6 Å². The standard InChI is InChI=1S/C23H28ClN5O2/c1-30-19-7-6-15(12-17(19)24)13-26-22-21-16-4-2-3-5-18(16)31-23(21)28-20(27-22)14-29-10-8-25-9-11-29/h6-7,12,25H,2-5,8-11,13-14H2,1H3,(H,26,27,28). The van der Waals surface area contributed by atoms with Crippen molar-refractivity contribution in [2.24, 2.45) is 0 Å². The maximum Gasteiger partial charge on any atom is 0.232 e. The number of anilines is 1. The van der Waals surface area contributed by atoms with Gasteiger partial charge in [0.2, 0.25) is 5.71 Å². The molecule has 0 radical (unpaired) electrons. The summed E-state index contributed by atoms with van der Waals surface area (Å²) < 4.78 is 11.5. The van der Waals surface area contributed by atoms with Crippen molar-refractivity contribution in [3.63, 3.8) is 0 Å². The summed E-state index contributed by atoms with van der Waals surface area (Å²) in [5.74, 6) is 3.41. The second kappa shape index (κ2) is 9.02. The van der Waals surface area contributed by atoms with Gasteiger partial charge in [0.25, 0.3) is 0 Å². The second-order valence-corrected chi connectivity index (χ2v) is 8.64. The van der Waals surface area contributed by atoms with Crippen LogP contribution in [0.15, 0.2) is 22.6 Å². The Bertz CT molecular complexity index is 1080. The summed E-state index contributed by atoms with van der Waals surface area (Å²) in [5, 5.41) is 8.58. The predicted octanol–water partition coefficient (Wildman–Crippen LogP) is 3.78. The van der Waals surface area contributed by atoms with Crippen LogP contribution in [0.2, 0.25) is 5.02 Å². The van der Waals surface area contributed by atoms with E-state index in [1.165, 1.54) is 18.4 Å². The number of furan rings is 1. The molecule has 0 spiro atoms. The van der Waals surface area contributed by atoms with Crippen molar-refractivity contribution in [3.8, 4) is 5.75 Å². The highest BCUT2D eigenvalue weighted by atomic mass is 35.5. The molecule has 2 aromatic heterocycles. The highest BCUT2D eigenvalue weighted by molar-refractivity contribution is 6.32. The van der Waals surface area contributed by atoms with E-state index in [-0.39, 0.29) is 0 Å². The molecular weight excluding hydrogens is 414 g/mol. The first-order valence-corrected chi connectivity index (χ1v) is 11.4. The molecule has 0 atom stereocenters. The molecule has 164 valence electrons. The summed E-state index contributed by atoms with van der Waals surface area (Å²) in [6.07, 6.45) is 4.34. The number of benzene rings is 1. The molecule has 2 N–H and O–H groups in total. The minimum absolute atomic E-state index is 0.606. The molecule has 3 aromatic rings. The molecule has 5 rings (SSSR count). The molecule has 0 amide bonds. The van der Waals surface area contributed by atoms with E-state index in [2.05, 4.69) is 15.5 Å². The topological polar surface area (TPSA) is 75.5 Å². The third-order valence-electron chi connectivity index (χ3n) is 6.11. The van der Waals surface area contributed by atoms with Gasteiger partial charge in [-0.15, -0.1) is 0 Å². The van der Waals surface area contributed by atoms with Gasteiger partial charge < -0.3 is 19.8 Å². The number of methoxy groups -OCH3 is 1. The predicted molar refractivity (Wildman–Crippen MR) is 122 cm³/mol. The maximum atomic E-state index is 6.31. The number of halogens is 1. The zero-order valence-corrected chi connectivity index (χ0v) is 18.6. The van der Waals surface area contributed by atoms with Crippen LogP contribution in [0.25, 0.3) is 11.1 Å². The average Bonchev–Trinajstić information content (AvgIpc) is 3.17. The fourth-order valence-electron chi connectivity index (χ4n) is 4.48. The normalized spacial score (nSPS) is 17.0. The van der Waals surface area contributed by atoms with Crippen LogP contribution in [0.1, 0.15) is 35.6 Å². The summed E-state index contributed by atoms with van der Waals surface area (Å²) in [7, 11) is 1.62. The molecule has 2 aliphatic rings. The minimum atomic E-state index is 0.606. The zero-order chi connectivity index (χ0) is 21.2. The molecule has 1 saturated heterocycles. The number of aromatic nitrogens is 2. The van der Waals surface area contributed by atoms with Crippen LogP contribution in [0.3, 0.4) is 0 Å². The summed E-state index contributed by atoms with van der Waals surface area (Å²) in [5.41, 5.74) is 3.05. The monoisotopic (exact) mass is 441 g/mol. The average molecular weight is 442 g/mol. The van der Waals surface area contributed by atoms with Gasteiger partial charge in [-0.25, -0.2) is 4.98 Å². The zero-order valence-electron chi connectivity index (χ0n) is 17.8. The van der Waals surface area contributed by atoms with Crippen molar-refractivity contribution < 1.29 is 9.15 Å². The van der Waals surface area contributed by atoms with E-state index in [9.17, 15) is 0 Å². The van der Waals surface area contributed by atoms with Crippen molar-refractivity contribution in [1.82, 2.24) is 20.2 Å². The van der Waals surface area contributed by atoms with Gasteiger partial charge in [0.05, 0.1) is 24.1 Å². The first-order valence-electron chi connectivity index (χ1n) is 11.0. The first-order chi connectivity index (χ1) is 15.2. The lowest BCUT2D eigenvalue weighted by Gasteiger charge is -2.26. The Morgan fingerprint density at radius 1 is 1.19 bits per heavy atom. The SMILES string of the molecule is COc1ccc(CNc2nc(CN3CCNCC3)nc3oc4c(c23)CCCC4)cc1Cl. The summed E-state index contributed by atoms with van der Waals surface area (Å²) >= 11 is 6.31. The second-order valence-electron chi connectivity index (χ2n) is 8.23. The number of aryl methyl sites for hydroxylation is 2. The molecule has 3 heterocycles. The van der Waals surface area contributed by atoms with Gasteiger partial charge >= 0.3 is 0 Å². The van der Waals surface area contributed by atoms with Gasteiger partial charge in [-0.1, -0.05) is 17.7 Å². The van der Waals surface area contributed by atoms with Crippen molar-refractivity contribution in [1.29, 1.82) is 0 Å². The van der Waals surface area contributed by atoms with Gasteiger partial charge in [0, 0.05) is 44.7 Å². The molecule has 1 aliphatic carbocycles. The molecule has 7 nitrogen and oxygen atoms in total. The maximum absolute atomic E-state index is 6.31. The number of nitrogens with one attached hydrogen (secondary N) is 2. The van der Waals surface area contributed by atoms with E-state index in [4.69, 9.17) is 30.7 Å². The number of ether oxygens (including phenoxy) is 1. The van der Waals surface area contributed by atoms with Gasteiger partial charge in [-0.2, -0.15) is 4.98 Å². The number of nitrogens with zero attached hydrogens (tertiary/aromatic N) is 3. The highest BCUT2D eigenvalue weighted by Gasteiger charge is 2.23. The smallest absolute Gasteiger partial charge is 0.232 e. The van der Waals surface area contributed by atoms with Crippen LogP contribution < -0.4 is 15.4 Å². The Hall–Kier alpha value is -2.35. The number of hydrogen-bond acceptors (Lipinski definition) is 7. The Morgan fingerprint density at radius 2 is 2.03 bits per heavy atom. The number of piperazine rings is 1. The summed E-state index contributed by atoms with van der Waals surface area (Å²) in [6, 6.07) is 5.84. The lowest BCUT2D eigenvalue weighted by Crippen LogP contribution is -2.43. The summed E-state index contributed by atoms with van der Waals surface area (Å²) in [6.45, 7) is 5.35. The Morgan fingerprint density at radius 3 is 2.84 bits per heavy atom. The van der Waals surface area contributed by atoms with Crippen molar-refractivity contribution >= 4 is 28.5 Å². The number of rotatable bonds is 6. The lowest BCUT2D eigenvalue weighted by molar-refractivity contribution is 0.228. The molecule has 1 fully saturated rings. The third-order valence-corrected chi connectivity index (χ3v) is 6.41. The molecule has 1 aromatic carbocycles. The van der Waals surface area contributed by atoms with E-state index >= 15 is 0 Å². The van der Waals surface area contributed by atoms with Crippen LogP contribution in [0.5, 0.6) is 5.75 Å². The van der Waals surface area contributed by atoms with Crippen molar-refractivity contribution in [2.45, 2.75) is 38.8 Å².